The third-order valence-corrected chi connectivity index (χ3v) is 3.62. The average molecular weight is 302 g/mol. The molecular weight excluding hydrogens is 290 g/mol. The second-order valence-electron chi connectivity index (χ2n) is 4.25. The van der Waals surface area contributed by atoms with Crippen LogP contribution in [0.3, 0.4) is 0 Å². The molecule has 0 amide bonds. The maximum Gasteiger partial charge on any atom is 0.190 e. The molecule has 0 saturated heterocycles. The Labute approximate surface area is 126 Å². The molecule has 3 aromatic rings. The van der Waals surface area contributed by atoms with E-state index in [9.17, 15) is 0 Å². The minimum atomic E-state index is 0.438. The van der Waals surface area contributed by atoms with Gasteiger partial charge in [0.1, 0.15) is 11.0 Å². The Kier molecular flexibility index (Phi) is 3.76. The summed E-state index contributed by atoms with van der Waals surface area (Å²) in [6, 6.07) is 16.1. The quantitative estimate of drug-likeness (QED) is 0.430. The predicted molar refractivity (Wildman–Crippen MR) is 86.1 cm³/mol. The Hall–Kier alpha value is -1.78. The van der Waals surface area contributed by atoms with Crippen molar-refractivity contribution in [2.75, 3.05) is 11.6 Å². The van der Waals surface area contributed by atoms with Crippen molar-refractivity contribution in [1.82, 2.24) is 9.97 Å². The first-order chi connectivity index (χ1) is 9.74. The second kappa shape index (κ2) is 5.69. The molecule has 0 radical (unpaired) electrons. The SMILES string of the molecule is CSc1nc(Cl)cc(Nc2ccc3ccccc3c2)n1. The number of halogens is 1. The van der Waals surface area contributed by atoms with Gasteiger partial charge in [0.2, 0.25) is 0 Å². The molecule has 3 nitrogen and oxygen atoms in total. The highest BCUT2D eigenvalue weighted by molar-refractivity contribution is 7.98. The van der Waals surface area contributed by atoms with Gasteiger partial charge in [-0.25, -0.2) is 9.97 Å². The first-order valence-corrected chi connectivity index (χ1v) is 7.69. The number of fused-ring (bicyclic) bond motifs is 1. The normalized spacial score (nSPS) is 10.7. The summed E-state index contributed by atoms with van der Waals surface area (Å²) in [5, 5.41) is 6.75. The number of anilines is 2. The fourth-order valence-corrected chi connectivity index (χ4v) is 2.58. The summed E-state index contributed by atoms with van der Waals surface area (Å²) in [4.78, 5) is 8.50. The van der Waals surface area contributed by atoms with Gasteiger partial charge in [0.15, 0.2) is 5.16 Å². The smallest absolute Gasteiger partial charge is 0.190 e. The van der Waals surface area contributed by atoms with Crippen LogP contribution in [0.4, 0.5) is 11.5 Å². The van der Waals surface area contributed by atoms with Crippen molar-refractivity contribution in [2.24, 2.45) is 0 Å². The van der Waals surface area contributed by atoms with E-state index in [1.54, 1.807) is 6.07 Å². The maximum absolute atomic E-state index is 5.99. The highest BCUT2D eigenvalue weighted by atomic mass is 35.5. The lowest BCUT2D eigenvalue weighted by Gasteiger charge is -2.08. The van der Waals surface area contributed by atoms with Gasteiger partial charge in [-0.05, 0) is 29.2 Å². The summed E-state index contributed by atoms with van der Waals surface area (Å²) in [6.07, 6.45) is 1.92. The Bertz CT molecular complexity index is 761. The van der Waals surface area contributed by atoms with E-state index in [1.807, 2.05) is 24.5 Å². The lowest BCUT2D eigenvalue weighted by atomic mass is 10.1. The van der Waals surface area contributed by atoms with Crippen LogP contribution in [0.5, 0.6) is 0 Å². The molecule has 5 heteroatoms. The zero-order chi connectivity index (χ0) is 13.9. The molecule has 100 valence electrons. The third kappa shape index (κ3) is 2.86. The van der Waals surface area contributed by atoms with E-state index < -0.39 is 0 Å². The molecule has 1 N–H and O–H groups in total. The van der Waals surface area contributed by atoms with Gasteiger partial charge in [-0.3, -0.25) is 0 Å². The van der Waals surface area contributed by atoms with Crippen molar-refractivity contribution >= 4 is 45.6 Å². The molecule has 0 atom stereocenters. The predicted octanol–water partition coefficient (Wildman–Crippen LogP) is 4.75. The summed E-state index contributed by atoms with van der Waals surface area (Å²) in [5.74, 6) is 0.699. The Morgan fingerprint density at radius 2 is 1.80 bits per heavy atom. The third-order valence-electron chi connectivity index (χ3n) is 2.88. The van der Waals surface area contributed by atoms with Gasteiger partial charge < -0.3 is 5.32 Å². The van der Waals surface area contributed by atoms with Crippen LogP contribution in [0.1, 0.15) is 0 Å². The maximum atomic E-state index is 5.99. The van der Waals surface area contributed by atoms with E-state index in [0.717, 1.165) is 5.69 Å². The van der Waals surface area contributed by atoms with Gasteiger partial charge in [-0.1, -0.05) is 53.7 Å². The van der Waals surface area contributed by atoms with Crippen molar-refractivity contribution < 1.29 is 0 Å². The summed E-state index contributed by atoms with van der Waals surface area (Å²) in [7, 11) is 0. The molecule has 1 heterocycles. The van der Waals surface area contributed by atoms with Gasteiger partial charge in [0.25, 0.3) is 0 Å². The van der Waals surface area contributed by atoms with Gasteiger partial charge in [-0.2, -0.15) is 0 Å². The minimum absolute atomic E-state index is 0.438. The first kappa shape index (κ1) is 13.2. The number of thioether (sulfide) groups is 1. The van der Waals surface area contributed by atoms with Gasteiger partial charge >= 0.3 is 0 Å². The molecule has 1 aromatic heterocycles. The van der Waals surface area contributed by atoms with Crippen molar-refractivity contribution in [3.8, 4) is 0 Å². The van der Waals surface area contributed by atoms with E-state index in [0.29, 0.717) is 16.1 Å². The van der Waals surface area contributed by atoms with Crippen LogP contribution in [0, 0.1) is 0 Å². The number of rotatable bonds is 3. The molecule has 0 aliphatic rings. The number of nitrogens with one attached hydrogen (secondary N) is 1. The fourth-order valence-electron chi connectivity index (χ4n) is 1.97. The van der Waals surface area contributed by atoms with E-state index >= 15 is 0 Å². The van der Waals surface area contributed by atoms with Gasteiger partial charge in [0, 0.05) is 11.8 Å². The van der Waals surface area contributed by atoms with E-state index in [-0.39, 0.29) is 0 Å². The number of aromatic nitrogens is 2. The topological polar surface area (TPSA) is 37.8 Å². The van der Waals surface area contributed by atoms with Gasteiger partial charge in [-0.15, -0.1) is 0 Å². The molecule has 20 heavy (non-hydrogen) atoms. The Morgan fingerprint density at radius 1 is 1.00 bits per heavy atom. The fraction of sp³-hybridized carbons (Fsp3) is 0.0667. The zero-order valence-corrected chi connectivity index (χ0v) is 12.4. The largest absolute Gasteiger partial charge is 0.340 e. The van der Waals surface area contributed by atoms with Crippen molar-refractivity contribution in [3.63, 3.8) is 0 Å². The number of hydrogen-bond donors (Lipinski definition) is 1. The second-order valence-corrected chi connectivity index (χ2v) is 5.41. The molecule has 0 aliphatic heterocycles. The molecule has 0 aliphatic carbocycles. The monoisotopic (exact) mass is 301 g/mol. The average Bonchev–Trinajstić information content (AvgIpc) is 2.46. The standard InChI is InChI=1S/C15H12ClN3S/c1-20-15-18-13(16)9-14(19-15)17-12-7-6-10-4-2-3-5-11(10)8-12/h2-9H,1H3,(H,17,18,19). The molecule has 0 unspecified atom stereocenters. The number of nitrogens with zero attached hydrogens (tertiary/aromatic N) is 2. The van der Waals surface area contributed by atoms with Crippen molar-refractivity contribution in [2.45, 2.75) is 5.16 Å². The Balaban J connectivity index is 1.94. The van der Waals surface area contributed by atoms with Crippen molar-refractivity contribution in [1.29, 1.82) is 0 Å². The summed E-state index contributed by atoms with van der Waals surface area (Å²) in [5.41, 5.74) is 0.977. The molecule has 0 saturated carbocycles. The molecule has 0 spiro atoms. The highest BCUT2D eigenvalue weighted by Gasteiger charge is 2.03. The van der Waals surface area contributed by atoms with E-state index in [1.165, 1.54) is 22.5 Å². The molecule has 3 rings (SSSR count). The summed E-state index contributed by atoms with van der Waals surface area (Å²) >= 11 is 7.45. The van der Waals surface area contributed by atoms with E-state index in [2.05, 4.69) is 39.6 Å². The van der Waals surface area contributed by atoms with E-state index in [4.69, 9.17) is 11.6 Å². The van der Waals surface area contributed by atoms with Crippen LogP contribution in [0.15, 0.2) is 53.7 Å². The highest BCUT2D eigenvalue weighted by Crippen LogP contribution is 2.23. The lowest BCUT2D eigenvalue weighted by Crippen LogP contribution is -1.96. The molecule has 0 bridgehead atoms. The molecular formula is C15H12ClN3S. The minimum Gasteiger partial charge on any atom is -0.340 e. The summed E-state index contributed by atoms with van der Waals surface area (Å²) in [6.45, 7) is 0. The van der Waals surface area contributed by atoms with Crippen LogP contribution in [-0.4, -0.2) is 16.2 Å². The van der Waals surface area contributed by atoms with Crippen molar-refractivity contribution in [3.05, 3.63) is 53.7 Å². The Morgan fingerprint density at radius 3 is 2.60 bits per heavy atom. The lowest BCUT2D eigenvalue weighted by molar-refractivity contribution is 0.976. The number of benzene rings is 2. The first-order valence-electron chi connectivity index (χ1n) is 6.09. The molecule has 2 aromatic carbocycles. The van der Waals surface area contributed by atoms with Gasteiger partial charge in [0.05, 0.1) is 0 Å². The van der Waals surface area contributed by atoms with Crippen LogP contribution in [-0.2, 0) is 0 Å². The molecule has 0 fully saturated rings. The van der Waals surface area contributed by atoms with Crippen LogP contribution < -0.4 is 5.32 Å². The number of hydrogen-bond acceptors (Lipinski definition) is 4. The zero-order valence-electron chi connectivity index (χ0n) is 10.8. The van der Waals surface area contributed by atoms with Crippen LogP contribution in [0.25, 0.3) is 10.8 Å². The van der Waals surface area contributed by atoms with Crippen LogP contribution in [0.2, 0.25) is 5.15 Å². The van der Waals surface area contributed by atoms with Crippen LogP contribution >= 0.6 is 23.4 Å². The summed E-state index contributed by atoms with van der Waals surface area (Å²) < 4.78 is 0.